The molecule has 5 heteroatoms. The lowest BCUT2D eigenvalue weighted by molar-refractivity contribution is -0.0551. The number of nitrogens with zero attached hydrogens (tertiary/aromatic N) is 2. The van der Waals surface area contributed by atoms with Gasteiger partial charge in [0.05, 0.1) is 30.9 Å². The summed E-state index contributed by atoms with van der Waals surface area (Å²) in [4.78, 5) is 18.4. The molecule has 2 aliphatic rings. The Kier molecular flexibility index (Phi) is 3.01. The van der Waals surface area contributed by atoms with E-state index in [1.165, 1.54) is 0 Å². The zero-order chi connectivity index (χ0) is 12.4. The average Bonchev–Trinajstić information content (AvgIpc) is 2.88. The van der Waals surface area contributed by atoms with E-state index in [1.807, 2.05) is 4.90 Å². The third-order valence-electron chi connectivity index (χ3n) is 3.64. The minimum absolute atomic E-state index is 0.0249. The number of carbonyl (C=O) groups excluding carboxylic acids is 1. The maximum atomic E-state index is 12.5. The molecule has 1 atom stereocenters. The molecule has 2 aliphatic heterocycles. The van der Waals surface area contributed by atoms with Crippen molar-refractivity contribution in [2.24, 2.45) is 0 Å². The minimum atomic E-state index is -0.273. The normalized spacial score (nSPS) is 27.7. The molecule has 0 bridgehead atoms. The summed E-state index contributed by atoms with van der Waals surface area (Å²) in [7, 11) is 0. The second-order valence-corrected chi connectivity index (χ2v) is 4.78. The molecule has 0 radical (unpaired) electrons. The molecule has 0 aliphatic carbocycles. The van der Waals surface area contributed by atoms with Crippen molar-refractivity contribution in [3.8, 4) is 0 Å². The van der Waals surface area contributed by atoms with Crippen molar-refractivity contribution in [1.82, 2.24) is 9.88 Å². The van der Waals surface area contributed by atoms with Gasteiger partial charge in [-0.15, -0.1) is 0 Å². The van der Waals surface area contributed by atoms with Gasteiger partial charge in [0.25, 0.3) is 5.91 Å². The second-order valence-electron chi connectivity index (χ2n) is 4.78. The number of morpholine rings is 1. The van der Waals surface area contributed by atoms with E-state index in [-0.39, 0.29) is 11.4 Å². The number of carbonyl (C=O) groups is 1. The predicted molar refractivity (Wildman–Crippen MR) is 64.3 cm³/mol. The Bertz CT molecular complexity index is 429. The fraction of sp³-hybridized carbons (Fsp3) is 0.538. The summed E-state index contributed by atoms with van der Waals surface area (Å²) >= 11 is 0. The maximum absolute atomic E-state index is 12.5. The first-order chi connectivity index (χ1) is 8.82. The molecular formula is C13H16N2O3. The van der Waals surface area contributed by atoms with E-state index >= 15 is 0 Å². The number of rotatable bonds is 1. The van der Waals surface area contributed by atoms with Gasteiger partial charge in [-0.25, -0.2) is 0 Å². The second kappa shape index (κ2) is 4.66. The fourth-order valence-electron chi connectivity index (χ4n) is 2.62. The van der Waals surface area contributed by atoms with Crippen LogP contribution in [0.15, 0.2) is 24.5 Å². The summed E-state index contributed by atoms with van der Waals surface area (Å²) in [6.07, 6.45) is 4.13. The van der Waals surface area contributed by atoms with E-state index in [0.29, 0.717) is 38.5 Å². The van der Waals surface area contributed by atoms with Crippen molar-refractivity contribution in [2.75, 3.05) is 33.0 Å². The van der Waals surface area contributed by atoms with Crippen LogP contribution in [0.4, 0.5) is 0 Å². The Morgan fingerprint density at radius 3 is 2.89 bits per heavy atom. The Morgan fingerprint density at radius 1 is 1.33 bits per heavy atom. The van der Waals surface area contributed by atoms with Gasteiger partial charge in [0, 0.05) is 25.5 Å². The van der Waals surface area contributed by atoms with Crippen molar-refractivity contribution in [3.05, 3.63) is 30.1 Å². The number of aromatic nitrogens is 1. The van der Waals surface area contributed by atoms with Gasteiger partial charge in [-0.05, 0) is 18.6 Å². The molecule has 2 saturated heterocycles. The summed E-state index contributed by atoms with van der Waals surface area (Å²) in [5.74, 6) is 0.0249. The first-order valence-electron chi connectivity index (χ1n) is 6.19. The number of hydrogen-bond acceptors (Lipinski definition) is 4. The molecule has 1 spiro atoms. The standard InChI is InChI=1S/C13H16N2O3/c16-12(11-2-1-4-14-8-11)15-5-7-18-10-13(15)3-6-17-9-13/h1-2,4,8H,3,5-7,9-10H2/t13-/m0/s1. The molecule has 96 valence electrons. The topological polar surface area (TPSA) is 51.7 Å². The van der Waals surface area contributed by atoms with E-state index < -0.39 is 0 Å². The summed E-state index contributed by atoms with van der Waals surface area (Å²) in [6, 6.07) is 3.58. The molecule has 18 heavy (non-hydrogen) atoms. The molecule has 5 nitrogen and oxygen atoms in total. The van der Waals surface area contributed by atoms with Crippen molar-refractivity contribution in [2.45, 2.75) is 12.0 Å². The van der Waals surface area contributed by atoms with Crippen LogP contribution in [0.5, 0.6) is 0 Å². The number of ether oxygens (including phenoxy) is 2. The highest BCUT2D eigenvalue weighted by atomic mass is 16.5. The van der Waals surface area contributed by atoms with Crippen LogP contribution >= 0.6 is 0 Å². The smallest absolute Gasteiger partial charge is 0.256 e. The first kappa shape index (κ1) is 11.6. The van der Waals surface area contributed by atoms with E-state index in [9.17, 15) is 4.79 Å². The quantitative estimate of drug-likeness (QED) is 0.734. The van der Waals surface area contributed by atoms with Crippen molar-refractivity contribution in [3.63, 3.8) is 0 Å². The number of pyridine rings is 1. The van der Waals surface area contributed by atoms with Crippen molar-refractivity contribution in [1.29, 1.82) is 0 Å². The lowest BCUT2D eigenvalue weighted by Gasteiger charge is -2.43. The molecule has 1 amide bonds. The highest BCUT2D eigenvalue weighted by molar-refractivity contribution is 5.94. The molecule has 0 N–H and O–H groups in total. The Balaban J connectivity index is 1.87. The largest absolute Gasteiger partial charge is 0.379 e. The molecule has 3 heterocycles. The van der Waals surface area contributed by atoms with Gasteiger partial charge in [0.15, 0.2) is 0 Å². The van der Waals surface area contributed by atoms with Gasteiger partial charge in [0.2, 0.25) is 0 Å². The molecule has 2 fully saturated rings. The van der Waals surface area contributed by atoms with Gasteiger partial charge in [-0.1, -0.05) is 0 Å². The Morgan fingerprint density at radius 2 is 2.17 bits per heavy atom. The van der Waals surface area contributed by atoms with Crippen LogP contribution in [0.1, 0.15) is 16.8 Å². The zero-order valence-corrected chi connectivity index (χ0v) is 10.2. The lowest BCUT2D eigenvalue weighted by atomic mass is 9.95. The van der Waals surface area contributed by atoms with Crippen LogP contribution in [0, 0.1) is 0 Å². The van der Waals surface area contributed by atoms with Crippen LogP contribution in [0.25, 0.3) is 0 Å². The Labute approximate surface area is 106 Å². The van der Waals surface area contributed by atoms with Gasteiger partial charge < -0.3 is 14.4 Å². The van der Waals surface area contributed by atoms with E-state index in [4.69, 9.17) is 9.47 Å². The molecule has 1 aromatic heterocycles. The lowest BCUT2D eigenvalue weighted by Crippen LogP contribution is -2.59. The highest BCUT2D eigenvalue weighted by Gasteiger charge is 2.45. The predicted octanol–water partition coefficient (Wildman–Crippen LogP) is 0.713. The van der Waals surface area contributed by atoms with Crippen molar-refractivity contribution < 1.29 is 14.3 Å². The van der Waals surface area contributed by atoms with Crippen LogP contribution in [0.3, 0.4) is 0 Å². The maximum Gasteiger partial charge on any atom is 0.256 e. The van der Waals surface area contributed by atoms with Crippen molar-refractivity contribution >= 4 is 5.91 Å². The SMILES string of the molecule is O=C(c1cccnc1)N1CCOC[C@@]12CCOC2. The van der Waals surface area contributed by atoms with Gasteiger partial charge in [-0.2, -0.15) is 0 Å². The van der Waals surface area contributed by atoms with Crippen LogP contribution < -0.4 is 0 Å². The molecular weight excluding hydrogens is 232 g/mol. The summed E-state index contributed by atoms with van der Waals surface area (Å²) in [5.41, 5.74) is 0.358. The number of hydrogen-bond donors (Lipinski definition) is 0. The fourth-order valence-corrected chi connectivity index (χ4v) is 2.62. The molecule has 0 unspecified atom stereocenters. The zero-order valence-electron chi connectivity index (χ0n) is 10.2. The van der Waals surface area contributed by atoms with Crippen LogP contribution in [-0.4, -0.2) is 54.3 Å². The van der Waals surface area contributed by atoms with Crippen LogP contribution in [-0.2, 0) is 9.47 Å². The molecule has 1 aromatic rings. The molecule has 0 saturated carbocycles. The minimum Gasteiger partial charge on any atom is -0.379 e. The average molecular weight is 248 g/mol. The summed E-state index contributed by atoms with van der Waals surface area (Å²) in [6.45, 7) is 3.04. The summed E-state index contributed by atoms with van der Waals surface area (Å²) < 4.78 is 11.0. The third kappa shape index (κ3) is 1.89. The van der Waals surface area contributed by atoms with Crippen LogP contribution in [0.2, 0.25) is 0 Å². The third-order valence-corrected chi connectivity index (χ3v) is 3.64. The monoisotopic (exact) mass is 248 g/mol. The van der Waals surface area contributed by atoms with Gasteiger partial charge in [0.1, 0.15) is 0 Å². The van der Waals surface area contributed by atoms with E-state index in [0.717, 1.165) is 6.42 Å². The van der Waals surface area contributed by atoms with E-state index in [2.05, 4.69) is 4.98 Å². The number of amides is 1. The Hall–Kier alpha value is -1.46. The summed E-state index contributed by atoms with van der Waals surface area (Å²) in [5, 5.41) is 0. The molecule has 3 rings (SSSR count). The first-order valence-corrected chi connectivity index (χ1v) is 6.19. The molecule has 0 aromatic carbocycles. The van der Waals surface area contributed by atoms with E-state index in [1.54, 1.807) is 24.5 Å². The highest BCUT2D eigenvalue weighted by Crippen LogP contribution is 2.30. The van der Waals surface area contributed by atoms with Gasteiger partial charge >= 0.3 is 0 Å². The van der Waals surface area contributed by atoms with Gasteiger partial charge in [-0.3, -0.25) is 9.78 Å².